The molecule has 0 aliphatic heterocycles. The van der Waals surface area contributed by atoms with Gasteiger partial charge in [-0.15, -0.1) is 0 Å². The SMILES string of the molecule is C[C@H](OC(=O)c1ccc(-n2cncn2)cc1)C(=O)c1ccc(NS(C)(=O)=O)cc1. The zero-order chi connectivity index (χ0) is 21.0. The largest absolute Gasteiger partial charge is 0.451 e. The van der Waals surface area contributed by atoms with E-state index in [0.717, 1.165) is 11.9 Å². The molecule has 3 rings (SSSR count). The number of ketones is 1. The third-order valence-electron chi connectivity index (χ3n) is 3.91. The number of sulfonamides is 1. The van der Waals surface area contributed by atoms with Crippen LogP contribution in [0, 0.1) is 0 Å². The number of carbonyl (C=O) groups is 2. The van der Waals surface area contributed by atoms with Gasteiger partial charge in [0, 0.05) is 11.3 Å². The number of carbonyl (C=O) groups excluding carboxylic acids is 2. The minimum Gasteiger partial charge on any atom is -0.451 e. The fraction of sp³-hybridized carbons (Fsp3) is 0.158. The van der Waals surface area contributed by atoms with E-state index in [1.807, 2.05) is 0 Å². The number of nitrogens with zero attached hydrogens (tertiary/aromatic N) is 3. The highest BCUT2D eigenvalue weighted by atomic mass is 32.2. The summed E-state index contributed by atoms with van der Waals surface area (Å²) in [6.07, 6.45) is 2.96. The van der Waals surface area contributed by atoms with Gasteiger partial charge in [-0.05, 0) is 55.5 Å². The van der Waals surface area contributed by atoms with Gasteiger partial charge in [-0.3, -0.25) is 9.52 Å². The Morgan fingerprint density at radius 1 is 1.03 bits per heavy atom. The second-order valence-electron chi connectivity index (χ2n) is 6.25. The number of nitrogens with one attached hydrogen (secondary N) is 1. The highest BCUT2D eigenvalue weighted by molar-refractivity contribution is 7.92. The van der Waals surface area contributed by atoms with Crippen molar-refractivity contribution in [3.05, 3.63) is 72.3 Å². The standard InChI is InChI=1S/C19H18N4O5S/c1-13(18(24)14-3-7-16(8-4-14)22-29(2,26)27)28-19(25)15-5-9-17(10-6-15)23-12-20-11-21-23/h3-13,22H,1-2H3/t13-/m0/s1. The summed E-state index contributed by atoms with van der Waals surface area (Å²) >= 11 is 0. The summed E-state index contributed by atoms with van der Waals surface area (Å²) < 4.78 is 31.6. The maximum atomic E-state index is 12.5. The summed E-state index contributed by atoms with van der Waals surface area (Å²) in [6.45, 7) is 1.48. The number of ether oxygens (including phenoxy) is 1. The van der Waals surface area contributed by atoms with Gasteiger partial charge in [0.1, 0.15) is 12.7 Å². The molecule has 0 spiro atoms. The number of benzene rings is 2. The fourth-order valence-corrected chi connectivity index (χ4v) is 3.09. The van der Waals surface area contributed by atoms with Crippen LogP contribution >= 0.6 is 0 Å². The van der Waals surface area contributed by atoms with Crippen molar-refractivity contribution >= 4 is 27.5 Å². The molecule has 150 valence electrons. The molecule has 3 aromatic rings. The van der Waals surface area contributed by atoms with Crippen LogP contribution in [-0.4, -0.2) is 47.3 Å². The number of Topliss-reactive ketones (excluding diaryl/α,β-unsaturated/α-hetero) is 1. The van der Waals surface area contributed by atoms with Crippen LogP contribution in [0.15, 0.2) is 61.2 Å². The number of hydrogen-bond acceptors (Lipinski definition) is 7. The predicted molar refractivity (Wildman–Crippen MR) is 105 cm³/mol. The number of anilines is 1. The highest BCUT2D eigenvalue weighted by Crippen LogP contribution is 2.15. The van der Waals surface area contributed by atoms with Crippen molar-refractivity contribution in [3.8, 4) is 5.69 Å². The van der Waals surface area contributed by atoms with Gasteiger partial charge in [0.2, 0.25) is 15.8 Å². The first-order valence-electron chi connectivity index (χ1n) is 8.51. The van der Waals surface area contributed by atoms with Crippen molar-refractivity contribution in [1.82, 2.24) is 14.8 Å². The normalized spacial score (nSPS) is 12.2. The number of aromatic nitrogens is 3. The second kappa shape index (κ2) is 8.23. The van der Waals surface area contributed by atoms with Crippen molar-refractivity contribution < 1.29 is 22.7 Å². The molecule has 1 aromatic heterocycles. The number of rotatable bonds is 7. The van der Waals surface area contributed by atoms with Crippen LogP contribution in [0.5, 0.6) is 0 Å². The molecule has 0 fully saturated rings. The molecule has 0 unspecified atom stereocenters. The van der Waals surface area contributed by atoms with Gasteiger partial charge in [-0.25, -0.2) is 22.9 Å². The molecule has 0 bridgehead atoms. The van der Waals surface area contributed by atoms with Gasteiger partial charge >= 0.3 is 5.97 Å². The second-order valence-corrected chi connectivity index (χ2v) is 8.00. The molecular weight excluding hydrogens is 396 g/mol. The van der Waals surface area contributed by atoms with Crippen LogP contribution in [0.1, 0.15) is 27.6 Å². The zero-order valence-corrected chi connectivity index (χ0v) is 16.5. The van der Waals surface area contributed by atoms with E-state index in [1.165, 1.54) is 43.8 Å². The minimum absolute atomic E-state index is 0.293. The molecular formula is C19H18N4O5S. The Hall–Kier alpha value is -3.53. The van der Waals surface area contributed by atoms with E-state index < -0.39 is 27.9 Å². The van der Waals surface area contributed by atoms with Crippen molar-refractivity contribution in [2.45, 2.75) is 13.0 Å². The average Bonchev–Trinajstić information content (AvgIpc) is 3.21. The summed E-state index contributed by atoms with van der Waals surface area (Å²) in [5.74, 6) is -1.03. The Morgan fingerprint density at radius 2 is 1.66 bits per heavy atom. The average molecular weight is 414 g/mol. The molecule has 1 N–H and O–H groups in total. The highest BCUT2D eigenvalue weighted by Gasteiger charge is 2.20. The van der Waals surface area contributed by atoms with Gasteiger partial charge in [0.05, 0.1) is 17.5 Å². The van der Waals surface area contributed by atoms with Crippen LogP contribution < -0.4 is 4.72 Å². The monoisotopic (exact) mass is 414 g/mol. The molecule has 0 aliphatic rings. The molecule has 0 saturated carbocycles. The van der Waals surface area contributed by atoms with Gasteiger partial charge in [-0.1, -0.05) is 0 Å². The quantitative estimate of drug-likeness (QED) is 0.464. The molecule has 0 amide bonds. The Bertz CT molecular complexity index is 1110. The summed E-state index contributed by atoms with van der Waals surface area (Å²) in [5, 5.41) is 4.00. The maximum Gasteiger partial charge on any atom is 0.338 e. The van der Waals surface area contributed by atoms with E-state index >= 15 is 0 Å². The predicted octanol–water partition coefficient (Wildman–Crippen LogP) is 2.07. The third-order valence-corrected chi connectivity index (χ3v) is 4.52. The molecule has 1 atom stereocenters. The minimum atomic E-state index is -3.40. The lowest BCUT2D eigenvalue weighted by Crippen LogP contribution is -2.24. The summed E-state index contributed by atoms with van der Waals surface area (Å²) in [6, 6.07) is 12.4. The van der Waals surface area contributed by atoms with Crippen molar-refractivity contribution in [3.63, 3.8) is 0 Å². The summed E-state index contributed by atoms with van der Waals surface area (Å²) in [4.78, 5) is 28.7. The van der Waals surface area contributed by atoms with E-state index in [-0.39, 0.29) is 0 Å². The smallest absolute Gasteiger partial charge is 0.338 e. The lowest BCUT2D eigenvalue weighted by Gasteiger charge is -2.13. The van der Waals surface area contributed by atoms with Crippen LogP contribution in [0.2, 0.25) is 0 Å². The third kappa shape index (κ3) is 5.26. The van der Waals surface area contributed by atoms with Crippen molar-refractivity contribution in [2.24, 2.45) is 0 Å². The van der Waals surface area contributed by atoms with Crippen LogP contribution in [0.4, 0.5) is 5.69 Å². The van der Waals surface area contributed by atoms with Crippen molar-refractivity contribution in [2.75, 3.05) is 11.0 Å². The Balaban J connectivity index is 1.63. The molecule has 1 heterocycles. The first-order valence-corrected chi connectivity index (χ1v) is 10.4. The van der Waals surface area contributed by atoms with Gasteiger partial charge in [0.15, 0.2) is 6.10 Å². The lowest BCUT2D eigenvalue weighted by molar-refractivity contribution is 0.0319. The number of esters is 1. The van der Waals surface area contributed by atoms with E-state index in [2.05, 4.69) is 14.8 Å². The van der Waals surface area contributed by atoms with Gasteiger partial charge in [-0.2, -0.15) is 5.10 Å². The van der Waals surface area contributed by atoms with E-state index in [1.54, 1.807) is 28.9 Å². The van der Waals surface area contributed by atoms with Crippen LogP contribution in [0.3, 0.4) is 0 Å². The van der Waals surface area contributed by atoms with Crippen LogP contribution in [0.25, 0.3) is 5.69 Å². The van der Waals surface area contributed by atoms with Crippen LogP contribution in [-0.2, 0) is 14.8 Å². The Labute approximate surface area is 167 Å². The molecule has 0 radical (unpaired) electrons. The van der Waals surface area contributed by atoms with Crippen molar-refractivity contribution in [1.29, 1.82) is 0 Å². The van der Waals surface area contributed by atoms with Gasteiger partial charge in [0.25, 0.3) is 0 Å². The lowest BCUT2D eigenvalue weighted by atomic mass is 10.1. The number of hydrogen-bond donors (Lipinski definition) is 1. The summed E-state index contributed by atoms with van der Waals surface area (Å²) in [5.41, 5.74) is 1.65. The first-order chi connectivity index (χ1) is 13.7. The zero-order valence-electron chi connectivity index (χ0n) is 15.6. The van der Waals surface area contributed by atoms with Gasteiger partial charge < -0.3 is 4.74 Å². The fourth-order valence-electron chi connectivity index (χ4n) is 2.53. The molecule has 10 heteroatoms. The Kier molecular flexibility index (Phi) is 5.74. The molecule has 29 heavy (non-hydrogen) atoms. The molecule has 9 nitrogen and oxygen atoms in total. The first kappa shape index (κ1) is 20.2. The van der Waals surface area contributed by atoms with E-state index in [0.29, 0.717) is 16.8 Å². The maximum absolute atomic E-state index is 12.5. The molecule has 0 aliphatic carbocycles. The van der Waals surface area contributed by atoms with E-state index in [9.17, 15) is 18.0 Å². The topological polar surface area (TPSA) is 120 Å². The molecule has 0 saturated heterocycles. The summed E-state index contributed by atoms with van der Waals surface area (Å²) in [7, 11) is -3.40. The van der Waals surface area contributed by atoms with E-state index in [4.69, 9.17) is 4.74 Å². The Morgan fingerprint density at radius 3 is 2.21 bits per heavy atom. The molecule has 2 aromatic carbocycles.